The SMILES string of the molecule is CC(Sc1n[nH]c(CCC2CCCC2)n1)C(=O)N1CCc2sccc2C1. The number of carbonyl (C=O) groups excluding carboxylic acids is 1. The van der Waals surface area contributed by atoms with Crippen molar-refractivity contribution in [3.8, 4) is 0 Å². The third kappa shape index (κ3) is 4.14. The molecule has 7 heteroatoms. The Kier molecular flexibility index (Phi) is 5.64. The van der Waals surface area contributed by atoms with E-state index in [1.807, 2.05) is 11.8 Å². The van der Waals surface area contributed by atoms with Gasteiger partial charge in [0.25, 0.3) is 0 Å². The van der Waals surface area contributed by atoms with E-state index in [0.717, 1.165) is 37.7 Å². The molecule has 0 bridgehead atoms. The van der Waals surface area contributed by atoms with Crippen molar-refractivity contribution in [3.05, 3.63) is 27.7 Å². The second-order valence-corrected chi connectivity index (χ2v) is 9.70. The highest BCUT2D eigenvalue weighted by Crippen LogP contribution is 2.29. The lowest BCUT2D eigenvalue weighted by Crippen LogP contribution is -2.39. The second kappa shape index (κ2) is 8.13. The van der Waals surface area contributed by atoms with Gasteiger partial charge in [0.2, 0.25) is 11.1 Å². The van der Waals surface area contributed by atoms with E-state index in [-0.39, 0.29) is 11.2 Å². The number of hydrogen-bond acceptors (Lipinski definition) is 5. The summed E-state index contributed by atoms with van der Waals surface area (Å²) in [5, 5.41) is 10.0. The zero-order valence-corrected chi connectivity index (χ0v) is 16.9. The first-order valence-corrected chi connectivity index (χ1v) is 11.4. The number of thioether (sulfide) groups is 1. The number of aromatic nitrogens is 3. The molecule has 1 aliphatic carbocycles. The first kappa shape index (κ1) is 18.0. The normalized spacial score (nSPS) is 18.9. The highest BCUT2D eigenvalue weighted by molar-refractivity contribution is 8.00. The van der Waals surface area contributed by atoms with Crippen molar-refractivity contribution in [3.63, 3.8) is 0 Å². The van der Waals surface area contributed by atoms with Crippen LogP contribution in [0.3, 0.4) is 0 Å². The van der Waals surface area contributed by atoms with Gasteiger partial charge in [0, 0.05) is 24.4 Å². The lowest BCUT2D eigenvalue weighted by Gasteiger charge is -2.28. The summed E-state index contributed by atoms with van der Waals surface area (Å²) in [4.78, 5) is 20.8. The minimum Gasteiger partial charge on any atom is -0.337 e. The summed E-state index contributed by atoms with van der Waals surface area (Å²) in [5.41, 5.74) is 1.30. The summed E-state index contributed by atoms with van der Waals surface area (Å²) in [6.45, 7) is 3.52. The minimum absolute atomic E-state index is 0.159. The number of amides is 1. The van der Waals surface area contributed by atoms with E-state index < -0.39 is 0 Å². The molecule has 4 rings (SSSR count). The Morgan fingerprint density at radius 1 is 1.46 bits per heavy atom. The van der Waals surface area contributed by atoms with Gasteiger partial charge in [-0.15, -0.1) is 16.4 Å². The zero-order chi connectivity index (χ0) is 17.9. The van der Waals surface area contributed by atoms with Crippen molar-refractivity contribution in [1.29, 1.82) is 0 Å². The lowest BCUT2D eigenvalue weighted by atomic mass is 10.0. The van der Waals surface area contributed by atoms with E-state index in [9.17, 15) is 4.79 Å². The van der Waals surface area contributed by atoms with Crippen LogP contribution in [-0.4, -0.2) is 37.8 Å². The molecule has 1 unspecified atom stereocenters. The molecule has 1 saturated carbocycles. The highest BCUT2D eigenvalue weighted by atomic mass is 32.2. The van der Waals surface area contributed by atoms with Gasteiger partial charge in [0.05, 0.1) is 5.25 Å². The Labute approximate surface area is 163 Å². The summed E-state index contributed by atoms with van der Waals surface area (Å²) in [6, 6.07) is 2.14. The number of nitrogens with one attached hydrogen (secondary N) is 1. The number of hydrogen-bond donors (Lipinski definition) is 1. The van der Waals surface area contributed by atoms with Gasteiger partial charge in [-0.05, 0) is 42.7 Å². The van der Waals surface area contributed by atoms with E-state index >= 15 is 0 Å². The molecule has 1 fully saturated rings. The first-order chi connectivity index (χ1) is 12.7. The van der Waals surface area contributed by atoms with Gasteiger partial charge < -0.3 is 4.90 Å². The lowest BCUT2D eigenvalue weighted by molar-refractivity contribution is -0.131. The van der Waals surface area contributed by atoms with E-state index in [4.69, 9.17) is 0 Å². The fourth-order valence-corrected chi connectivity index (χ4v) is 5.70. The van der Waals surface area contributed by atoms with Crippen molar-refractivity contribution >= 4 is 29.0 Å². The highest BCUT2D eigenvalue weighted by Gasteiger charge is 2.26. The molecule has 1 N–H and O–H groups in total. The Morgan fingerprint density at radius 3 is 3.15 bits per heavy atom. The van der Waals surface area contributed by atoms with Crippen molar-refractivity contribution in [2.75, 3.05) is 6.54 Å². The number of thiophene rings is 1. The average molecular weight is 391 g/mol. The summed E-state index contributed by atoms with van der Waals surface area (Å²) >= 11 is 3.26. The standard InChI is InChI=1S/C19H26N4OS2/c1-13(18(24)23-10-8-16-15(12-23)9-11-25-16)26-19-20-17(21-22-19)7-6-14-4-2-3-5-14/h9,11,13-14H,2-8,10,12H2,1H3,(H,20,21,22). The smallest absolute Gasteiger partial charge is 0.236 e. The van der Waals surface area contributed by atoms with Crippen molar-refractivity contribution in [2.45, 2.75) is 68.8 Å². The predicted molar refractivity (Wildman–Crippen MR) is 105 cm³/mol. The van der Waals surface area contributed by atoms with Gasteiger partial charge in [-0.25, -0.2) is 4.98 Å². The number of aryl methyl sites for hydroxylation is 1. The molecule has 26 heavy (non-hydrogen) atoms. The molecular weight excluding hydrogens is 364 g/mol. The van der Waals surface area contributed by atoms with Crippen molar-refractivity contribution in [2.24, 2.45) is 5.92 Å². The molecule has 140 valence electrons. The third-order valence-corrected chi connectivity index (χ3v) is 7.50. The molecule has 0 spiro atoms. The molecule has 0 aromatic carbocycles. The molecule has 2 aromatic heterocycles. The van der Waals surface area contributed by atoms with Gasteiger partial charge >= 0.3 is 0 Å². The molecule has 0 radical (unpaired) electrons. The maximum atomic E-state index is 12.8. The van der Waals surface area contributed by atoms with E-state index in [1.54, 1.807) is 11.3 Å². The van der Waals surface area contributed by atoms with Gasteiger partial charge in [-0.1, -0.05) is 37.4 Å². The summed E-state index contributed by atoms with van der Waals surface area (Å²) in [7, 11) is 0. The van der Waals surface area contributed by atoms with Gasteiger partial charge in [-0.3, -0.25) is 9.89 Å². The number of nitrogens with zero attached hydrogens (tertiary/aromatic N) is 3. The van der Waals surface area contributed by atoms with Crippen LogP contribution in [0.25, 0.3) is 0 Å². The monoisotopic (exact) mass is 390 g/mol. The minimum atomic E-state index is -0.159. The third-order valence-electron chi connectivity index (χ3n) is 5.52. The molecule has 2 aromatic rings. The molecule has 2 aliphatic rings. The summed E-state index contributed by atoms with van der Waals surface area (Å²) in [5.74, 6) is 2.00. The number of fused-ring (bicyclic) bond motifs is 1. The molecule has 1 aliphatic heterocycles. The average Bonchev–Trinajstić information content (AvgIpc) is 3.40. The Hall–Kier alpha value is -1.34. The molecule has 0 saturated heterocycles. The van der Waals surface area contributed by atoms with E-state index in [0.29, 0.717) is 5.16 Å². The number of rotatable bonds is 6. The van der Waals surface area contributed by atoms with Crippen LogP contribution in [-0.2, 0) is 24.2 Å². The van der Waals surface area contributed by atoms with Crippen LogP contribution in [0.4, 0.5) is 0 Å². The zero-order valence-electron chi connectivity index (χ0n) is 15.2. The Balaban J connectivity index is 1.29. The topological polar surface area (TPSA) is 61.9 Å². The summed E-state index contributed by atoms with van der Waals surface area (Å²) < 4.78 is 0. The maximum absolute atomic E-state index is 12.8. The number of carbonyl (C=O) groups is 1. The van der Waals surface area contributed by atoms with E-state index in [2.05, 4.69) is 26.6 Å². The Morgan fingerprint density at radius 2 is 2.31 bits per heavy atom. The molecule has 1 amide bonds. The fourth-order valence-electron chi connectivity index (χ4n) is 3.98. The van der Waals surface area contributed by atoms with E-state index in [1.165, 1.54) is 54.3 Å². The summed E-state index contributed by atoms with van der Waals surface area (Å²) in [6.07, 6.45) is 8.63. The maximum Gasteiger partial charge on any atom is 0.236 e. The van der Waals surface area contributed by atoms with Gasteiger partial charge in [0.1, 0.15) is 5.82 Å². The molecule has 5 nitrogen and oxygen atoms in total. The van der Waals surface area contributed by atoms with Crippen LogP contribution < -0.4 is 0 Å². The van der Waals surface area contributed by atoms with Crippen LogP contribution in [0.15, 0.2) is 16.6 Å². The molecule has 3 heterocycles. The number of H-pyrrole nitrogens is 1. The number of aromatic amines is 1. The van der Waals surface area contributed by atoms with Gasteiger partial charge in [-0.2, -0.15) is 0 Å². The second-order valence-electron chi connectivity index (χ2n) is 7.39. The van der Waals surface area contributed by atoms with Crippen molar-refractivity contribution in [1.82, 2.24) is 20.1 Å². The van der Waals surface area contributed by atoms with Crippen LogP contribution in [0.2, 0.25) is 0 Å². The predicted octanol–water partition coefficient (Wildman–Crippen LogP) is 4.05. The Bertz CT molecular complexity index is 750. The van der Waals surface area contributed by atoms with Gasteiger partial charge in [0.15, 0.2) is 0 Å². The van der Waals surface area contributed by atoms with Crippen LogP contribution in [0.1, 0.15) is 55.3 Å². The van der Waals surface area contributed by atoms with Crippen LogP contribution >= 0.6 is 23.1 Å². The van der Waals surface area contributed by atoms with Crippen molar-refractivity contribution < 1.29 is 4.79 Å². The van der Waals surface area contributed by atoms with Crippen LogP contribution in [0.5, 0.6) is 0 Å². The molecule has 1 atom stereocenters. The fraction of sp³-hybridized carbons (Fsp3) is 0.632. The first-order valence-electron chi connectivity index (χ1n) is 9.61. The quantitative estimate of drug-likeness (QED) is 0.756. The largest absolute Gasteiger partial charge is 0.337 e. The molecular formula is C19H26N4OS2. The van der Waals surface area contributed by atoms with Crippen LogP contribution in [0, 0.1) is 5.92 Å².